The molecule has 2 amide bonds. The van der Waals surface area contributed by atoms with E-state index in [4.69, 9.17) is 32.7 Å². The third-order valence-electron chi connectivity index (χ3n) is 22.9. The molecule has 6 heterocycles. The van der Waals surface area contributed by atoms with Crippen LogP contribution < -0.4 is 28.7 Å². The first-order chi connectivity index (χ1) is 46.7. The number of fused-ring (bicyclic) bond motifs is 8. The lowest BCUT2D eigenvalue weighted by molar-refractivity contribution is -0.0585. The van der Waals surface area contributed by atoms with E-state index in [0.717, 1.165) is 64.2 Å². The van der Waals surface area contributed by atoms with Gasteiger partial charge in [-0.1, -0.05) is 61.3 Å². The van der Waals surface area contributed by atoms with Gasteiger partial charge in [0.15, 0.2) is 23.3 Å². The lowest BCUT2D eigenvalue weighted by Crippen LogP contribution is -2.52. The van der Waals surface area contributed by atoms with E-state index in [-0.39, 0.29) is 82.3 Å². The number of rotatable bonds is 4. The maximum absolute atomic E-state index is 13.5. The van der Waals surface area contributed by atoms with Gasteiger partial charge in [0.2, 0.25) is 20.0 Å². The average molecular weight is 1420 g/mol. The summed E-state index contributed by atoms with van der Waals surface area (Å²) >= 11 is 12.9. The molecule has 0 radical (unpaired) electrons. The fourth-order valence-electron chi connectivity index (χ4n) is 16.7. The summed E-state index contributed by atoms with van der Waals surface area (Å²) in [7, 11) is -4.66. The van der Waals surface area contributed by atoms with E-state index < -0.39 is 53.6 Å². The summed E-state index contributed by atoms with van der Waals surface area (Å²) in [5.41, 5.74) is 2.94. The van der Waals surface area contributed by atoms with Gasteiger partial charge >= 0.3 is 0 Å². The van der Waals surface area contributed by atoms with Crippen LogP contribution in [0.25, 0.3) is 0 Å². The van der Waals surface area contributed by atoms with E-state index in [9.17, 15) is 46.9 Å². The predicted octanol–water partition coefficient (Wildman–Crippen LogP) is 8.78. The van der Waals surface area contributed by atoms with Crippen molar-refractivity contribution in [2.24, 2.45) is 49.6 Å². The molecule has 2 saturated carbocycles. The zero-order valence-electron chi connectivity index (χ0n) is 56.2. The molecule has 6 aromatic rings. The Hall–Kier alpha value is -6.90. The van der Waals surface area contributed by atoms with Crippen molar-refractivity contribution in [3.8, 4) is 11.5 Å². The number of aliphatic hydroxyl groups is 4. The minimum atomic E-state index is -4.04. The first kappa shape index (κ1) is 69.6. The Morgan fingerprint density at radius 2 is 0.990 bits per heavy atom. The number of amides is 2. The Labute approximate surface area is 582 Å². The highest BCUT2D eigenvalue weighted by atomic mass is 35.5. The third kappa shape index (κ3) is 12.9. The normalized spacial score (nSPS) is 31.8. The van der Waals surface area contributed by atoms with Crippen LogP contribution in [0.2, 0.25) is 10.0 Å². The van der Waals surface area contributed by atoms with Crippen LogP contribution in [0.4, 0.5) is 11.4 Å². The zero-order valence-corrected chi connectivity index (χ0v) is 59.3. The molecule has 2 fully saturated rings. The number of hydrogen-bond acceptors (Lipinski definition) is 18. The Bertz CT molecular complexity index is 4100. The van der Waals surface area contributed by atoms with Gasteiger partial charge in [0.1, 0.15) is 35.9 Å². The lowest BCUT2D eigenvalue weighted by Gasteiger charge is -2.48. The molecule has 0 saturated heterocycles. The number of sulfonamides is 2. The van der Waals surface area contributed by atoms with Crippen molar-refractivity contribution in [2.75, 3.05) is 49.2 Å². The number of aliphatic hydroxyl groups excluding tert-OH is 2. The molecular formula is C72H88Cl2N10O12S2. The molecule has 4 bridgehead atoms. The van der Waals surface area contributed by atoms with E-state index in [0.29, 0.717) is 96.8 Å². The number of ether oxygens (including phenoxy) is 2. The highest BCUT2D eigenvalue weighted by molar-refractivity contribution is 7.91. The lowest BCUT2D eigenvalue weighted by atomic mass is 9.63. The third-order valence-corrected chi connectivity index (χ3v) is 27.2. The number of carbonyl (C=O) groups is 2. The number of carbonyl (C=O) groups excluding carboxylic acids is 2. The van der Waals surface area contributed by atoms with E-state index in [1.165, 1.54) is 31.6 Å². The molecule has 14 rings (SSSR count). The molecular weight excluding hydrogens is 1330 g/mol. The summed E-state index contributed by atoms with van der Waals surface area (Å²) in [5, 5.41) is 53.2. The number of anilines is 2. The smallest absolute Gasteiger partial charge is 0.264 e. The van der Waals surface area contributed by atoms with Crippen LogP contribution in [0.1, 0.15) is 158 Å². The van der Waals surface area contributed by atoms with Crippen molar-refractivity contribution in [3.05, 3.63) is 164 Å². The van der Waals surface area contributed by atoms with Gasteiger partial charge in [0.25, 0.3) is 11.8 Å². The molecule has 12 atom stereocenters. The molecule has 22 nitrogen and oxygen atoms in total. The maximum Gasteiger partial charge on any atom is 0.264 e. The van der Waals surface area contributed by atoms with Gasteiger partial charge in [-0.05, 0) is 210 Å². The van der Waals surface area contributed by atoms with Gasteiger partial charge in [0, 0.05) is 84.1 Å². The van der Waals surface area contributed by atoms with Crippen LogP contribution in [0.5, 0.6) is 11.5 Å². The van der Waals surface area contributed by atoms with Gasteiger partial charge < -0.3 is 39.7 Å². The van der Waals surface area contributed by atoms with E-state index in [2.05, 4.69) is 51.5 Å². The summed E-state index contributed by atoms with van der Waals surface area (Å²) in [6, 6.07) is 22.4. The number of hydrogen-bond donors (Lipinski definition) is 6. The quantitative estimate of drug-likeness (QED) is 0.0899. The number of aromatic nitrogens is 6. The Balaban J connectivity index is 0.000000176. The largest absolute Gasteiger partial charge is 0.490 e. The van der Waals surface area contributed by atoms with Crippen LogP contribution >= 0.6 is 23.2 Å². The van der Waals surface area contributed by atoms with Crippen molar-refractivity contribution >= 4 is 66.4 Å². The first-order valence-corrected chi connectivity index (χ1v) is 38.1. The molecule has 0 unspecified atom stereocenters. The second kappa shape index (κ2) is 26.9. The minimum Gasteiger partial charge on any atom is -0.490 e. The van der Waals surface area contributed by atoms with Gasteiger partial charge in [-0.3, -0.25) is 9.59 Å². The van der Waals surface area contributed by atoms with Gasteiger partial charge in [-0.15, -0.1) is 0 Å². The molecule has 4 aliphatic heterocycles. The first-order valence-electron chi connectivity index (χ1n) is 34.2. The fraction of sp³-hybridized carbons (Fsp3) is 0.528. The maximum atomic E-state index is 13.5. The highest BCUT2D eigenvalue weighted by Crippen LogP contribution is 2.53. The molecule has 524 valence electrons. The van der Waals surface area contributed by atoms with Crippen molar-refractivity contribution in [1.82, 2.24) is 39.0 Å². The van der Waals surface area contributed by atoms with Gasteiger partial charge in [0.05, 0.1) is 35.1 Å². The average Bonchev–Trinajstić information content (AvgIpc) is 1.42. The number of benzene rings is 4. The number of nitrogens with zero attached hydrogens (tertiary/aromatic N) is 8. The second-order valence-electron chi connectivity index (χ2n) is 29.0. The molecule has 6 N–H and O–H groups in total. The second-order valence-corrected chi connectivity index (χ2v) is 33.9. The molecule has 26 heteroatoms. The minimum absolute atomic E-state index is 0.0299. The zero-order chi connectivity index (χ0) is 69.4. The van der Waals surface area contributed by atoms with E-state index >= 15 is 0 Å². The summed E-state index contributed by atoms with van der Waals surface area (Å²) < 4.78 is 74.6. The molecule has 4 aliphatic carbocycles. The SMILES string of the molecule is C[C@@H]1[C@@H](C)C/C=C/[C@@](O)(c2nc(CO)nn2C)[C@@H]2CC[C@H]2CN2C[C@@]3(CCCc4cc(Cl)ccc43)COc3ccc(cc32)C(=O)NS1(=O)=O.C[C@@H]1[C@@H](C)C/C=C/[C@](O)(c2nc(CO)nn2C)[C@@H]2CC[C@H]2CN2C[C@@]3(CCCc4cc(Cl)ccc43)COc3ccc(cc32)C(=O)NS1(=O)=O. The molecule has 2 aromatic heterocycles. The summed E-state index contributed by atoms with van der Waals surface area (Å²) in [5.74, 6) is -0.188. The molecule has 2 spiro atoms. The molecule has 8 aliphatic rings. The topological polar surface area (TPSA) is 294 Å². The van der Waals surface area contributed by atoms with Crippen LogP contribution in [0.15, 0.2) is 97.1 Å². The fourth-order valence-corrected chi connectivity index (χ4v) is 19.7. The predicted molar refractivity (Wildman–Crippen MR) is 372 cm³/mol. The number of nitrogens with one attached hydrogen (secondary N) is 2. The Kier molecular flexibility index (Phi) is 19.1. The van der Waals surface area contributed by atoms with Crippen molar-refractivity contribution < 1.29 is 56.3 Å². The summed E-state index contributed by atoms with van der Waals surface area (Å²) in [4.78, 5) is 40.7. The number of halogens is 2. The van der Waals surface area contributed by atoms with Crippen LogP contribution in [-0.4, -0.2) is 128 Å². The monoisotopic (exact) mass is 1420 g/mol. The van der Waals surface area contributed by atoms with Crippen LogP contribution in [0.3, 0.4) is 0 Å². The van der Waals surface area contributed by atoms with E-state index in [1.807, 2.05) is 50.3 Å². The summed E-state index contributed by atoms with van der Waals surface area (Å²) in [6.45, 7) is 9.26. The van der Waals surface area contributed by atoms with Crippen molar-refractivity contribution in [3.63, 3.8) is 0 Å². The van der Waals surface area contributed by atoms with Crippen molar-refractivity contribution in [1.29, 1.82) is 0 Å². The van der Waals surface area contributed by atoms with Crippen molar-refractivity contribution in [2.45, 2.75) is 150 Å². The molecule has 98 heavy (non-hydrogen) atoms. The Morgan fingerprint density at radius 3 is 1.36 bits per heavy atom. The molecule has 4 aromatic carbocycles. The van der Waals surface area contributed by atoms with Crippen LogP contribution in [0, 0.1) is 35.5 Å². The van der Waals surface area contributed by atoms with Crippen LogP contribution in [-0.2, 0) is 82.2 Å². The Morgan fingerprint density at radius 1 is 0.582 bits per heavy atom. The van der Waals surface area contributed by atoms with Gasteiger partial charge in [-0.25, -0.2) is 45.6 Å². The van der Waals surface area contributed by atoms with Gasteiger partial charge in [-0.2, -0.15) is 10.2 Å². The number of aryl methyl sites for hydroxylation is 4. The summed E-state index contributed by atoms with van der Waals surface area (Å²) in [6.07, 6.45) is 16.6. The highest BCUT2D eigenvalue weighted by Gasteiger charge is 2.53. The number of allylic oxidation sites excluding steroid dienone is 2. The standard InChI is InChI=1S/2C36H44ClN5O6S/c2*1-22-6-4-15-36(45,34-38-32(19-43)39-41(34)3)29-11-8-26(29)18-42-20-35(14-5-7-24-16-27(37)10-12-28(24)35)21-48-31-13-9-25(17-30(31)42)33(44)40-49(46,47)23(22)2/h2*4,9-10,12-13,15-17,22-23,26,29,43,45H,5-8,11,14,18-21H2,1-3H3,(H,40,44)/b2*15-4+/t22-,23+,26-,29+,35-,36+;22-,23+,26-,29+,35-,36-/m00/s1. The van der Waals surface area contributed by atoms with E-state index in [1.54, 1.807) is 76.5 Å².